The molecule has 176 valence electrons. The first-order valence-corrected chi connectivity index (χ1v) is 11.7. The number of rotatable bonds is 8. The van der Waals surface area contributed by atoms with E-state index in [1.807, 2.05) is 20.2 Å². The summed E-state index contributed by atoms with van der Waals surface area (Å²) in [6, 6.07) is 10.2. The summed E-state index contributed by atoms with van der Waals surface area (Å²) in [5.41, 5.74) is 0.482. The lowest BCUT2D eigenvalue weighted by molar-refractivity contribution is -0.858. The normalized spacial score (nSPS) is 17.9. The Balaban J connectivity index is 2.08. The van der Waals surface area contributed by atoms with Crippen LogP contribution < -0.4 is 14.7 Å². The van der Waals surface area contributed by atoms with Gasteiger partial charge in [-0.25, -0.2) is 4.39 Å². The Morgan fingerprint density at radius 1 is 1.21 bits per heavy atom. The van der Waals surface area contributed by atoms with Gasteiger partial charge in [-0.2, -0.15) is 0 Å². The Morgan fingerprint density at radius 2 is 1.94 bits per heavy atom. The van der Waals surface area contributed by atoms with Crippen molar-refractivity contribution in [2.24, 2.45) is 0 Å². The van der Waals surface area contributed by atoms with E-state index < -0.39 is 29.3 Å². The van der Waals surface area contributed by atoms with Crippen molar-refractivity contribution in [1.29, 1.82) is 0 Å². The molecule has 8 heteroatoms. The first kappa shape index (κ1) is 24.9. The number of nitrogens with zero attached hydrogens (tertiary/aromatic N) is 1. The summed E-state index contributed by atoms with van der Waals surface area (Å²) in [5, 5.41) is 13.4. The largest absolute Gasteiger partial charge is 0.872 e. The van der Waals surface area contributed by atoms with Crippen molar-refractivity contribution in [3.05, 3.63) is 69.5 Å². The molecule has 1 aliphatic rings. The smallest absolute Gasteiger partial charge is 0.295 e. The van der Waals surface area contributed by atoms with E-state index in [0.717, 1.165) is 17.1 Å². The van der Waals surface area contributed by atoms with Crippen LogP contribution in [0.15, 0.2) is 52.5 Å². The molecule has 1 unspecified atom stereocenters. The van der Waals surface area contributed by atoms with Gasteiger partial charge in [0.25, 0.3) is 5.91 Å². The highest BCUT2D eigenvalue weighted by molar-refractivity contribution is 9.10. The van der Waals surface area contributed by atoms with E-state index in [-0.39, 0.29) is 23.0 Å². The standard InChI is InChI=1S/C25H28BrFN2O4/c1-15(2)33-20-10-9-17(14-19(20)27)23(30)21-22(16-7-5-8-18(26)13-16)29(25(32)24(21)31)12-6-11-28(3)4/h5,7-10,13-15,22,30H,6,11-12H2,1-4H3. The monoisotopic (exact) mass is 518 g/mol. The number of carbonyl (C=O) groups is 2. The number of halogens is 2. The average molecular weight is 519 g/mol. The van der Waals surface area contributed by atoms with Crippen molar-refractivity contribution in [2.45, 2.75) is 32.4 Å². The fourth-order valence-corrected chi connectivity index (χ4v) is 4.29. The Hall–Kier alpha value is -2.71. The van der Waals surface area contributed by atoms with Crippen LogP contribution in [0.25, 0.3) is 5.76 Å². The maximum absolute atomic E-state index is 14.6. The number of ether oxygens (including phenoxy) is 1. The molecule has 0 aliphatic carbocycles. The van der Waals surface area contributed by atoms with Crippen LogP contribution in [-0.4, -0.2) is 49.9 Å². The van der Waals surface area contributed by atoms with Gasteiger partial charge in [-0.15, -0.1) is 0 Å². The molecule has 0 saturated carbocycles. The van der Waals surface area contributed by atoms with E-state index in [4.69, 9.17) is 4.74 Å². The number of ketones is 1. The zero-order valence-corrected chi connectivity index (χ0v) is 20.7. The van der Waals surface area contributed by atoms with E-state index >= 15 is 0 Å². The third kappa shape index (κ3) is 5.62. The summed E-state index contributed by atoms with van der Waals surface area (Å²) in [6.45, 7) is 4.67. The molecule has 3 rings (SSSR count). The second-order valence-electron chi connectivity index (χ2n) is 8.65. The average Bonchev–Trinajstić information content (AvgIpc) is 2.99. The van der Waals surface area contributed by atoms with Crippen LogP contribution in [0.3, 0.4) is 0 Å². The van der Waals surface area contributed by atoms with Gasteiger partial charge in [0.2, 0.25) is 5.78 Å². The molecule has 1 saturated heterocycles. The van der Waals surface area contributed by atoms with Crippen LogP contribution in [0.1, 0.15) is 37.4 Å². The lowest BCUT2D eigenvalue weighted by Gasteiger charge is -2.28. The van der Waals surface area contributed by atoms with Gasteiger partial charge >= 0.3 is 0 Å². The zero-order chi connectivity index (χ0) is 24.3. The van der Waals surface area contributed by atoms with Gasteiger partial charge in [-0.05, 0) is 49.2 Å². The minimum Gasteiger partial charge on any atom is -0.872 e. The molecule has 1 fully saturated rings. The number of amides is 1. The van der Waals surface area contributed by atoms with Gasteiger partial charge < -0.3 is 19.6 Å². The van der Waals surface area contributed by atoms with Crippen LogP contribution in [0.5, 0.6) is 5.75 Å². The molecule has 0 radical (unpaired) electrons. The summed E-state index contributed by atoms with van der Waals surface area (Å²) in [6.07, 6.45) is 0.436. The van der Waals surface area contributed by atoms with E-state index in [1.54, 1.807) is 32.0 Å². The number of likely N-dealkylation sites (tertiary alicyclic amines) is 1. The molecule has 1 N–H and O–H groups in total. The predicted molar refractivity (Wildman–Crippen MR) is 125 cm³/mol. The molecule has 0 aromatic heterocycles. The third-order valence-electron chi connectivity index (χ3n) is 5.33. The summed E-state index contributed by atoms with van der Waals surface area (Å²) >= 11 is 3.42. The zero-order valence-electron chi connectivity index (χ0n) is 19.2. The highest BCUT2D eigenvalue weighted by atomic mass is 79.9. The number of Topliss-reactive ketones (excluding diaryl/α,β-unsaturated/α-hetero) is 1. The Kier molecular flexibility index (Phi) is 7.92. The highest BCUT2D eigenvalue weighted by Crippen LogP contribution is 2.39. The maximum atomic E-state index is 14.6. The Morgan fingerprint density at radius 3 is 2.55 bits per heavy atom. The van der Waals surface area contributed by atoms with Crippen molar-refractivity contribution in [1.82, 2.24) is 4.90 Å². The summed E-state index contributed by atoms with van der Waals surface area (Å²) < 4.78 is 20.7. The third-order valence-corrected chi connectivity index (χ3v) is 5.82. The van der Waals surface area contributed by atoms with E-state index in [2.05, 4.69) is 15.9 Å². The Labute approximate surface area is 201 Å². The number of nitrogens with one attached hydrogen (secondary N) is 1. The summed E-state index contributed by atoms with van der Waals surface area (Å²) in [5.74, 6) is -2.88. The molecular formula is C25H28BrFN2O4. The molecule has 1 heterocycles. The van der Waals surface area contributed by atoms with Crippen molar-refractivity contribution >= 4 is 33.4 Å². The Bertz CT molecular complexity index is 1080. The quantitative estimate of drug-likeness (QED) is 0.330. The predicted octanol–water partition coefficient (Wildman–Crippen LogP) is 2.13. The highest BCUT2D eigenvalue weighted by Gasteiger charge is 2.44. The van der Waals surface area contributed by atoms with Crippen molar-refractivity contribution in [2.75, 3.05) is 27.2 Å². The summed E-state index contributed by atoms with van der Waals surface area (Å²) in [7, 11) is 4.01. The van der Waals surface area contributed by atoms with Crippen LogP contribution in [0, 0.1) is 5.82 Å². The maximum Gasteiger partial charge on any atom is 0.295 e. The first-order valence-electron chi connectivity index (χ1n) is 10.9. The van der Waals surface area contributed by atoms with Crippen molar-refractivity contribution < 1.29 is 28.7 Å². The van der Waals surface area contributed by atoms with Crippen molar-refractivity contribution in [3.63, 3.8) is 0 Å². The van der Waals surface area contributed by atoms with E-state index in [1.165, 1.54) is 21.9 Å². The lowest BCUT2D eigenvalue weighted by atomic mass is 9.95. The number of hydrogen-bond donors (Lipinski definition) is 1. The van der Waals surface area contributed by atoms with E-state index in [0.29, 0.717) is 18.5 Å². The van der Waals surface area contributed by atoms with Gasteiger partial charge in [-0.3, -0.25) is 9.59 Å². The second kappa shape index (κ2) is 10.5. The van der Waals surface area contributed by atoms with Gasteiger partial charge in [0.15, 0.2) is 11.6 Å². The molecule has 33 heavy (non-hydrogen) atoms. The van der Waals surface area contributed by atoms with Gasteiger partial charge in [0.1, 0.15) is 0 Å². The van der Waals surface area contributed by atoms with Gasteiger partial charge in [-0.1, -0.05) is 39.9 Å². The van der Waals surface area contributed by atoms with Crippen molar-refractivity contribution in [3.8, 4) is 5.75 Å². The van der Waals surface area contributed by atoms with Crippen LogP contribution in [-0.2, 0) is 9.59 Å². The summed E-state index contributed by atoms with van der Waals surface area (Å²) in [4.78, 5) is 28.6. The van der Waals surface area contributed by atoms with Crippen LogP contribution >= 0.6 is 15.9 Å². The molecule has 2 aromatic carbocycles. The second-order valence-corrected chi connectivity index (χ2v) is 9.57. The van der Waals surface area contributed by atoms with Gasteiger partial charge in [0.05, 0.1) is 32.8 Å². The number of quaternary nitrogens is 1. The molecular weight excluding hydrogens is 491 g/mol. The molecule has 2 aromatic rings. The lowest BCUT2D eigenvalue weighted by Crippen LogP contribution is -3.05. The molecule has 0 bridgehead atoms. The fraction of sp³-hybridized carbons (Fsp3) is 0.360. The van der Waals surface area contributed by atoms with E-state index in [9.17, 15) is 19.1 Å². The molecule has 1 atom stereocenters. The van der Waals surface area contributed by atoms with Gasteiger partial charge in [0, 0.05) is 23.0 Å². The molecule has 0 spiro atoms. The minimum atomic E-state index is -0.843. The number of benzene rings is 2. The van der Waals surface area contributed by atoms with Crippen LogP contribution in [0.4, 0.5) is 4.39 Å². The fourth-order valence-electron chi connectivity index (χ4n) is 3.87. The number of hydrogen-bond acceptors (Lipinski definition) is 4. The van der Waals surface area contributed by atoms with Crippen LogP contribution in [0.2, 0.25) is 0 Å². The topological polar surface area (TPSA) is 74.1 Å². The number of carbonyl (C=O) groups excluding carboxylic acids is 2. The first-order chi connectivity index (χ1) is 15.6. The molecule has 1 aliphatic heterocycles. The molecule has 1 amide bonds. The minimum absolute atomic E-state index is 0.000612. The SMILES string of the molecule is CC(C)Oc1ccc(C([O-])=C2C(=O)C(=O)N(CCC[NH+](C)C)C2c2cccc(Br)c2)cc1F. The molecule has 6 nitrogen and oxygen atoms in total.